The maximum atomic E-state index is 12.2. The van der Waals surface area contributed by atoms with E-state index in [9.17, 15) is 4.79 Å². The first-order valence-corrected chi connectivity index (χ1v) is 10.2. The average Bonchev–Trinajstić information content (AvgIpc) is 3.13. The van der Waals surface area contributed by atoms with E-state index in [0.29, 0.717) is 20.9 Å². The summed E-state index contributed by atoms with van der Waals surface area (Å²) in [7, 11) is 0. The number of carbonyl (C=O) groups is 1. The molecule has 0 radical (unpaired) electrons. The van der Waals surface area contributed by atoms with E-state index in [1.807, 2.05) is 42.5 Å². The quantitative estimate of drug-likeness (QED) is 0.352. The van der Waals surface area contributed by atoms with Crippen molar-refractivity contribution >= 4 is 73.2 Å². The molecule has 0 saturated heterocycles. The molecule has 0 aliphatic carbocycles. The van der Waals surface area contributed by atoms with Crippen LogP contribution in [0.5, 0.6) is 0 Å². The number of carbonyl (C=O) groups excluding carboxylic acids is 1. The van der Waals surface area contributed by atoms with Gasteiger partial charge in [-0.25, -0.2) is 9.97 Å². The fraction of sp³-hybridized carbons (Fsp3) is 0. The van der Waals surface area contributed by atoms with Crippen molar-refractivity contribution in [1.82, 2.24) is 9.97 Å². The summed E-state index contributed by atoms with van der Waals surface area (Å²) in [4.78, 5) is 20.8. The zero-order valence-electron chi connectivity index (χ0n) is 14.9. The van der Waals surface area contributed by atoms with E-state index in [2.05, 4.69) is 20.6 Å². The summed E-state index contributed by atoms with van der Waals surface area (Å²) in [5.74, 6) is 0.408. The third-order valence-electron chi connectivity index (χ3n) is 3.97. The molecule has 0 unspecified atom stereocenters. The predicted molar refractivity (Wildman–Crippen MR) is 121 cm³/mol. The number of fused-ring (bicyclic) bond motifs is 1. The highest BCUT2D eigenvalue weighted by Crippen LogP contribution is 2.34. The van der Waals surface area contributed by atoms with Crippen molar-refractivity contribution < 1.29 is 4.79 Å². The van der Waals surface area contributed by atoms with Crippen LogP contribution in [0.3, 0.4) is 0 Å². The number of hydrogen-bond acceptors (Lipinski definition) is 5. The van der Waals surface area contributed by atoms with Crippen LogP contribution in [0.25, 0.3) is 16.3 Å². The second-order valence-corrected chi connectivity index (χ2v) is 7.90. The minimum Gasteiger partial charge on any atom is -0.339 e. The Morgan fingerprint density at radius 3 is 2.62 bits per heavy atom. The molecule has 2 heterocycles. The third kappa shape index (κ3) is 4.74. The van der Waals surface area contributed by atoms with Gasteiger partial charge in [-0.3, -0.25) is 4.79 Å². The maximum Gasteiger partial charge on any atom is 0.248 e. The molecule has 2 aromatic heterocycles. The minimum absolute atomic E-state index is 0.215. The van der Waals surface area contributed by atoms with Crippen LogP contribution in [0.4, 0.5) is 16.5 Å². The van der Waals surface area contributed by atoms with Gasteiger partial charge in [0.25, 0.3) is 0 Å². The highest BCUT2D eigenvalue weighted by atomic mass is 35.5. The first kappa shape index (κ1) is 19.4. The Kier molecular flexibility index (Phi) is 5.76. The van der Waals surface area contributed by atoms with Gasteiger partial charge in [0, 0.05) is 11.8 Å². The van der Waals surface area contributed by atoms with Crippen LogP contribution in [0.2, 0.25) is 10.0 Å². The van der Waals surface area contributed by atoms with Crippen LogP contribution in [0.1, 0.15) is 5.56 Å². The van der Waals surface area contributed by atoms with Crippen LogP contribution >= 0.6 is 34.5 Å². The molecule has 4 aromatic rings. The van der Waals surface area contributed by atoms with Crippen LogP contribution < -0.4 is 10.6 Å². The first-order valence-electron chi connectivity index (χ1n) is 8.59. The van der Waals surface area contributed by atoms with Gasteiger partial charge in [-0.15, -0.1) is 11.3 Å². The SMILES string of the molecule is O=C(/C=C/c1ccccc1)Nc1cc2ncnc(Nc3ccc(Cl)c(Cl)c3)c2s1. The third-order valence-corrected chi connectivity index (χ3v) is 5.75. The molecule has 0 aliphatic heterocycles. The van der Waals surface area contributed by atoms with Gasteiger partial charge in [-0.2, -0.15) is 0 Å². The molecule has 0 atom stereocenters. The molecule has 0 saturated carbocycles. The van der Waals surface area contributed by atoms with Crippen molar-refractivity contribution in [3.63, 3.8) is 0 Å². The summed E-state index contributed by atoms with van der Waals surface area (Å²) >= 11 is 13.4. The number of halogens is 2. The van der Waals surface area contributed by atoms with Crippen LogP contribution in [-0.2, 0) is 4.79 Å². The lowest BCUT2D eigenvalue weighted by Crippen LogP contribution is -2.05. The molecule has 2 N–H and O–H groups in total. The molecule has 1 amide bonds. The summed E-state index contributed by atoms with van der Waals surface area (Å²) in [5.41, 5.74) is 2.44. The van der Waals surface area contributed by atoms with Crippen molar-refractivity contribution in [2.45, 2.75) is 0 Å². The number of benzene rings is 2. The Labute approximate surface area is 181 Å². The van der Waals surface area contributed by atoms with E-state index in [4.69, 9.17) is 23.2 Å². The molecular weight excluding hydrogens is 427 g/mol. The Morgan fingerprint density at radius 1 is 1.00 bits per heavy atom. The number of hydrogen-bond donors (Lipinski definition) is 2. The predicted octanol–water partition coefficient (Wildman–Crippen LogP) is 6.39. The second-order valence-electron chi connectivity index (χ2n) is 6.03. The van der Waals surface area contributed by atoms with Crippen LogP contribution in [0.15, 0.2) is 67.0 Å². The number of anilines is 3. The minimum atomic E-state index is -0.215. The highest BCUT2D eigenvalue weighted by Gasteiger charge is 2.11. The summed E-state index contributed by atoms with van der Waals surface area (Å²) in [5, 5.41) is 7.70. The largest absolute Gasteiger partial charge is 0.339 e. The lowest BCUT2D eigenvalue weighted by atomic mass is 10.2. The normalized spacial score (nSPS) is 11.1. The van der Waals surface area contributed by atoms with Gasteiger partial charge in [0.15, 0.2) is 5.82 Å². The van der Waals surface area contributed by atoms with E-state index in [1.165, 1.54) is 23.7 Å². The smallest absolute Gasteiger partial charge is 0.248 e. The lowest BCUT2D eigenvalue weighted by molar-refractivity contribution is -0.111. The van der Waals surface area contributed by atoms with Crippen molar-refractivity contribution in [2.24, 2.45) is 0 Å². The molecule has 4 rings (SSSR count). The summed E-state index contributed by atoms with van der Waals surface area (Å²) in [6.07, 6.45) is 4.73. The molecule has 0 bridgehead atoms. The van der Waals surface area contributed by atoms with E-state index in [-0.39, 0.29) is 5.91 Å². The number of thiophene rings is 1. The number of amides is 1. The van der Waals surface area contributed by atoms with Gasteiger partial charge >= 0.3 is 0 Å². The van der Waals surface area contributed by atoms with E-state index in [0.717, 1.165) is 21.5 Å². The second kappa shape index (κ2) is 8.61. The molecule has 8 heteroatoms. The standard InChI is InChI=1S/C21H14Cl2N4OS/c22-15-8-7-14(10-16(15)23)26-21-20-17(24-12-25-21)11-19(29-20)27-18(28)9-6-13-4-2-1-3-5-13/h1-12H,(H,27,28)(H,24,25,26)/b9-6+. The van der Waals surface area contributed by atoms with E-state index in [1.54, 1.807) is 18.2 Å². The fourth-order valence-corrected chi connectivity index (χ4v) is 3.87. The maximum absolute atomic E-state index is 12.2. The summed E-state index contributed by atoms with van der Waals surface area (Å²) in [6.45, 7) is 0. The topological polar surface area (TPSA) is 66.9 Å². The van der Waals surface area contributed by atoms with E-state index >= 15 is 0 Å². The zero-order chi connectivity index (χ0) is 20.2. The molecule has 29 heavy (non-hydrogen) atoms. The monoisotopic (exact) mass is 440 g/mol. The van der Waals surface area contributed by atoms with Crippen LogP contribution in [-0.4, -0.2) is 15.9 Å². The summed E-state index contributed by atoms with van der Waals surface area (Å²) < 4.78 is 0.820. The molecule has 144 valence electrons. The Bertz CT molecular complexity index is 1210. The number of rotatable bonds is 5. The first-order chi connectivity index (χ1) is 14.1. The molecule has 0 aliphatic rings. The zero-order valence-corrected chi connectivity index (χ0v) is 17.2. The van der Waals surface area contributed by atoms with Crippen molar-refractivity contribution in [3.05, 3.63) is 82.6 Å². The number of aromatic nitrogens is 2. The lowest BCUT2D eigenvalue weighted by Gasteiger charge is -2.07. The Morgan fingerprint density at radius 2 is 1.83 bits per heavy atom. The Balaban J connectivity index is 1.53. The van der Waals surface area contributed by atoms with Gasteiger partial charge in [0.2, 0.25) is 5.91 Å². The highest BCUT2D eigenvalue weighted by molar-refractivity contribution is 7.23. The van der Waals surface area contributed by atoms with Crippen LogP contribution in [0, 0.1) is 0 Å². The summed E-state index contributed by atoms with van der Waals surface area (Å²) in [6, 6.07) is 16.7. The van der Waals surface area contributed by atoms with Gasteiger partial charge < -0.3 is 10.6 Å². The number of nitrogens with zero attached hydrogens (tertiary/aromatic N) is 2. The molecule has 0 spiro atoms. The number of nitrogens with one attached hydrogen (secondary N) is 2. The van der Waals surface area contributed by atoms with Gasteiger partial charge in [0.1, 0.15) is 6.33 Å². The average molecular weight is 441 g/mol. The van der Waals surface area contributed by atoms with E-state index < -0.39 is 0 Å². The van der Waals surface area contributed by atoms with Crippen molar-refractivity contribution in [2.75, 3.05) is 10.6 Å². The van der Waals surface area contributed by atoms with Gasteiger partial charge in [-0.1, -0.05) is 53.5 Å². The Hall–Kier alpha value is -2.93. The molecule has 2 aromatic carbocycles. The van der Waals surface area contributed by atoms with Crippen molar-refractivity contribution in [3.8, 4) is 0 Å². The van der Waals surface area contributed by atoms with Gasteiger partial charge in [0.05, 0.1) is 25.3 Å². The fourth-order valence-electron chi connectivity index (χ4n) is 2.61. The van der Waals surface area contributed by atoms with Crippen molar-refractivity contribution in [1.29, 1.82) is 0 Å². The molecule has 0 fully saturated rings. The molecule has 5 nitrogen and oxygen atoms in total. The molecular formula is C21H14Cl2N4OS. The van der Waals surface area contributed by atoms with Gasteiger partial charge in [-0.05, 0) is 35.9 Å².